The minimum Gasteiger partial charge on any atom is -0.492 e. The average molecular weight is 249 g/mol. The molecule has 18 heavy (non-hydrogen) atoms. The molecule has 0 spiro atoms. The van der Waals surface area contributed by atoms with Crippen molar-refractivity contribution in [3.63, 3.8) is 0 Å². The minimum atomic E-state index is -0.110. The molecule has 2 unspecified atom stereocenters. The zero-order chi connectivity index (χ0) is 12.6. The maximum Gasteiger partial charge on any atom is 0.119 e. The Balaban J connectivity index is 1.56. The SMILES string of the molecule is OC1CCCCC1CNCCOc1ccccc1. The van der Waals surface area contributed by atoms with E-state index in [2.05, 4.69) is 5.32 Å². The molecule has 0 amide bonds. The fourth-order valence-electron chi connectivity index (χ4n) is 2.47. The van der Waals surface area contributed by atoms with Gasteiger partial charge in [-0.3, -0.25) is 0 Å². The number of aliphatic hydroxyl groups excluding tert-OH is 1. The molecule has 3 nitrogen and oxygen atoms in total. The van der Waals surface area contributed by atoms with Crippen LogP contribution in [0.15, 0.2) is 30.3 Å². The summed E-state index contributed by atoms with van der Waals surface area (Å²) in [7, 11) is 0. The second-order valence-electron chi connectivity index (χ2n) is 4.98. The Hall–Kier alpha value is -1.06. The van der Waals surface area contributed by atoms with E-state index in [4.69, 9.17) is 4.74 Å². The Morgan fingerprint density at radius 2 is 1.94 bits per heavy atom. The van der Waals surface area contributed by atoms with E-state index in [0.29, 0.717) is 12.5 Å². The fraction of sp³-hybridized carbons (Fsp3) is 0.600. The molecule has 1 saturated carbocycles. The Morgan fingerprint density at radius 1 is 1.17 bits per heavy atom. The second-order valence-corrected chi connectivity index (χ2v) is 4.98. The molecule has 2 N–H and O–H groups in total. The Labute approximate surface area is 109 Å². The smallest absolute Gasteiger partial charge is 0.119 e. The van der Waals surface area contributed by atoms with Crippen LogP contribution in [0.3, 0.4) is 0 Å². The first-order valence-corrected chi connectivity index (χ1v) is 6.93. The number of rotatable bonds is 6. The van der Waals surface area contributed by atoms with E-state index in [0.717, 1.165) is 31.7 Å². The predicted molar refractivity (Wildman–Crippen MR) is 72.8 cm³/mol. The van der Waals surface area contributed by atoms with Gasteiger partial charge in [0.1, 0.15) is 12.4 Å². The maximum atomic E-state index is 9.83. The van der Waals surface area contributed by atoms with Gasteiger partial charge >= 0.3 is 0 Å². The van der Waals surface area contributed by atoms with Crippen molar-refractivity contribution in [3.8, 4) is 5.75 Å². The molecule has 100 valence electrons. The van der Waals surface area contributed by atoms with Crippen LogP contribution in [0.2, 0.25) is 0 Å². The van der Waals surface area contributed by atoms with Crippen LogP contribution in [0.4, 0.5) is 0 Å². The van der Waals surface area contributed by atoms with Crippen molar-refractivity contribution in [2.45, 2.75) is 31.8 Å². The highest BCUT2D eigenvalue weighted by Gasteiger charge is 2.22. The molecular formula is C15H23NO2. The summed E-state index contributed by atoms with van der Waals surface area (Å²) >= 11 is 0. The van der Waals surface area contributed by atoms with Gasteiger partial charge in [-0.1, -0.05) is 31.0 Å². The third kappa shape index (κ3) is 4.31. The highest BCUT2D eigenvalue weighted by molar-refractivity contribution is 5.20. The highest BCUT2D eigenvalue weighted by Crippen LogP contribution is 2.23. The molecule has 1 aromatic carbocycles. The first kappa shape index (κ1) is 13.4. The average Bonchev–Trinajstić information content (AvgIpc) is 2.42. The number of benzene rings is 1. The number of hydrogen-bond acceptors (Lipinski definition) is 3. The molecule has 1 aliphatic rings. The Kier molecular flexibility index (Phi) is 5.49. The quantitative estimate of drug-likeness (QED) is 0.760. The van der Waals surface area contributed by atoms with Gasteiger partial charge in [0.05, 0.1) is 6.10 Å². The van der Waals surface area contributed by atoms with Gasteiger partial charge in [-0.15, -0.1) is 0 Å². The van der Waals surface area contributed by atoms with Crippen molar-refractivity contribution in [3.05, 3.63) is 30.3 Å². The topological polar surface area (TPSA) is 41.5 Å². The van der Waals surface area contributed by atoms with Gasteiger partial charge in [0.15, 0.2) is 0 Å². The number of ether oxygens (including phenoxy) is 1. The summed E-state index contributed by atoms with van der Waals surface area (Å²) in [6, 6.07) is 9.85. The van der Waals surface area contributed by atoms with E-state index in [9.17, 15) is 5.11 Å². The number of para-hydroxylation sites is 1. The van der Waals surface area contributed by atoms with Crippen molar-refractivity contribution in [1.29, 1.82) is 0 Å². The van der Waals surface area contributed by atoms with E-state index in [1.165, 1.54) is 12.8 Å². The van der Waals surface area contributed by atoms with Crippen LogP contribution in [0.1, 0.15) is 25.7 Å². The molecule has 0 radical (unpaired) electrons. The first-order chi connectivity index (χ1) is 8.86. The molecule has 0 aliphatic heterocycles. The maximum absolute atomic E-state index is 9.83. The molecule has 1 fully saturated rings. The number of nitrogens with one attached hydrogen (secondary N) is 1. The monoisotopic (exact) mass is 249 g/mol. The molecule has 0 saturated heterocycles. The van der Waals surface area contributed by atoms with Crippen molar-refractivity contribution < 1.29 is 9.84 Å². The normalized spacial score (nSPS) is 23.8. The minimum absolute atomic E-state index is 0.110. The van der Waals surface area contributed by atoms with Crippen LogP contribution in [0.25, 0.3) is 0 Å². The molecule has 0 heterocycles. The van der Waals surface area contributed by atoms with Gasteiger partial charge in [0.2, 0.25) is 0 Å². The molecule has 1 aromatic rings. The first-order valence-electron chi connectivity index (χ1n) is 6.93. The number of aliphatic hydroxyl groups is 1. The van der Waals surface area contributed by atoms with Gasteiger partial charge in [0.25, 0.3) is 0 Å². The zero-order valence-electron chi connectivity index (χ0n) is 10.8. The van der Waals surface area contributed by atoms with Crippen molar-refractivity contribution in [1.82, 2.24) is 5.32 Å². The van der Waals surface area contributed by atoms with Crippen LogP contribution >= 0.6 is 0 Å². The van der Waals surface area contributed by atoms with Gasteiger partial charge < -0.3 is 15.2 Å². The summed E-state index contributed by atoms with van der Waals surface area (Å²) in [6.45, 7) is 2.41. The predicted octanol–water partition coefficient (Wildman–Crippen LogP) is 2.21. The summed E-state index contributed by atoms with van der Waals surface area (Å²) in [5, 5.41) is 13.2. The highest BCUT2D eigenvalue weighted by atomic mass is 16.5. The lowest BCUT2D eigenvalue weighted by molar-refractivity contribution is 0.0692. The Bertz CT molecular complexity index is 329. The van der Waals surface area contributed by atoms with E-state index in [1.807, 2.05) is 30.3 Å². The van der Waals surface area contributed by atoms with Crippen LogP contribution < -0.4 is 10.1 Å². The largest absolute Gasteiger partial charge is 0.492 e. The lowest BCUT2D eigenvalue weighted by Gasteiger charge is -2.27. The van der Waals surface area contributed by atoms with Gasteiger partial charge in [-0.2, -0.15) is 0 Å². The summed E-state index contributed by atoms with van der Waals surface area (Å²) in [4.78, 5) is 0. The second kappa shape index (κ2) is 7.39. The van der Waals surface area contributed by atoms with Crippen molar-refractivity contribution >= 4 is 0 Å². The van der Waals surface area contributed by atoms with E-state index >= 15 is 0 Å². The summed E-state index contributed by atoms with van der Waals surface area (Å²) in [5.41, 5.74) is 0. The number of hydrogen-bond donors (Lipinski definition) is 2. The molecular weight excluding hydrogens is 226 g/mol. The molecule has 2 atom stereocenters. The summed E-state index contributed by atoms with van der Waals surface area (Å²) in [5.74, 6) is 1.34. The van der Waals surface area contributed by atoms with Crippen LogP contribution in [0, 0.1) is 5.92 Å². The van der Waals surface area contributed by atoms with Crippen LogP contribution in [-0.4, -0.2) is 30.9 Å². The molecule has 1 aliphatic carbocycles. The third-order valence-electron chi connectivity index (χ3n) is 3.57. The van der Waals surface area contributed by atoms with Crippen LogP contribution in [-0.2, 0) is 0 Å². The van der Waals surface area contributed by atoms with Gasteiger partial charge in [-0.25, -0.2) is 0 Å². The van der Waals surface area contributed by atoms with Crippen molar-refractivity contribution in [2.24, 2.45) is 5.92 Å². The lowest BCUT2D eigenvalue weighted by atomic mass is 9.86. The van der Waals surface area contributed by atoms with Crippen molar-refractivity contribution in [2.75, 3.05) is 19.7 Å². The molecule has 2 rings (SSSR count). The van der Waals surface area contributed by atoms with Gasteiger partial charge in [0, 0.05) is 13.1 Å². The zero-order valence-corrected chi connectivity index (χ0v) is 10.8. The molecule has 0 aromatic heterocycles. The van der Waals surface area contributed by atoms with E-state index < -0.39 is 0 Å². The van der Waals surface area contributed by atoms with Gasteiger partial charge in [-0.05, 0) is 30.9 Å². The lowest BCUT2D eigenvalue weighted by Crippen LogP contribution is -2.35. The van der Waals surface area contributed by atoms with E-state index in [1.54, 1.807) is 0 Å². The third-order valence-corrected chi connectivity index (χ3v) is 3.57. The standard InChI is InChI=1S/C15H23NO2/c17-15-9-5-4-6-13(15)12-16-10-11-18-14-7-2-1-3-8-14/h1-3,7-8,13,15-17H,4-6,9-12H2. The van der Waals surface area contributed by atoms with E-state index in [-0.39, 0.29) is 6.10 Å². The molecule has 3 heteroatoms. The summed E-state index contributed by atoms with van der Waals surface area (Å²) < 4.78 is 5.60. The van der Waals surface area contributed by atoms with Crippen LogP contribution in [0.5, 0.6) is 5.75 Å². The fourth-order valence-corrected chi connectivity index (χ4v) is 2.47. The molecule has 0 bridgehead atoms. The Morgan fingerprint density at radius 3 is 2.72 bits per heavy atom. The summed E-state index contributed by atoms with van der Waals surface area (Å²) in [6.07, 6.45) is 4.43.